The fourth-order valence-corrected chi connectivity index (χ4v) is 6.02. The van der Waals surface area contributed by atoms with Gasteiger partial charge in [0, 0.05) is 15.9 Å². The van der Waals surface area contributed by atoms with Crippen molar-refractivity contribution >= 4 is 36.4 Å². The minimum Gasteiger partial charge on any atom is -0.508 e. The van der Waals surface area contributed by atoms with Crippen LogP contribution in [0.3, 0.4) is 0 Å². The molecule has 0 spiro atoms. The number of benzene rings is 4. The second-order valence-corrected chi connectivity index (χ2v) is 10.6. The summed E-state index contributed by atoms with van der Waals surface area (Å²) in [7, 11) is -5.31. The van der Waals surface area contributed by atoms with Gasteiger partial charge in [0.25, 0.3) is 0 Å². The second kappa shape index (κ2) is 10.3. The summed E-state index contributed by atoms with van der Waals surface area (Å²) < 4.78 is 24.3. The van der Waals surface area contributed by atoms with E-state index in [0.717, 1.165) is 0 Å². The molecule has 0 heterocycles. The van der Waals surface area contributed by atoms with E-state index in [1.54, 1.807) is 24.3 Å². The molecule has 4 rings (SSSR count). The van der Waals surface area contributed by atoms with E-state index < -0.39 is 15.2 Å². The first-order valence-corrected chi connectivity index (χ1v) is 12.4. The van der Waals surface area contributed by atoms with Gasteiger partial charge in [-0.3, -0.25) is 0 Å². The van der Waals surface area contributed by atoms with Gasteiger partial charge in [0.1, 0.15) is 17.2 Å². The van der Waals surface area contributed by atoms with Gasteiger partial charge in [-0.2, -0.15) is 4.89 Å². The molecule has 0 saturated heterocycles. The first-order valence-electron chi connectivity index (χ1n) is 9.51. The third-order valence-corrected chi connectivity index (χ3v) is 8.43. The first kappa shape index (κ1) is 23.2. The van der Waals surface area contributed by atoms with Gasteiger partial charge < -0.3 is 19.9 Å². The lowest BCUT2D eigenvalue weighted by Crippen LogP contribution is -2.24. The molecule has 8 heteroatoms. The molecule has 0 saturated carbocycles. The lowest BCUT2D eigenvalue weighted by Gasteiger charge is -2.20. The highest BCUT2D eigenvalue weighted by atomic mass is 31.2. The average molecular weight is 467 g/mol. The van der Waals surface area contributed by atoms with Gasteiger partial charge in [-0.15, -0.1) is 0 Å². The summed E-state index contributed by atoms with van der Waals surface area (Å²) in [6.45, 7) is 0. The van der Waals surface area contributed by atoms with E-state index in [2.05, 4.69) is 0 Å². The van der Waals surface area contributed by atoms with Gasteiger partial charge in [-0.1, -0.05) is 30.3 Å². The van der Waals surface area contributed by atoms with Gasteiger partial charge in [-0.05, 0) is 77.4 Å². The Kier molecular flexibility index (Phi) is 7.45. The minimum atomic E-state index is -3.04. The molecule has 0 aliphatic heterocycles. The summed E-state index contributed by atoms with van der Waals surface area (Å²) in [5.41, 5.74) is 0. The van der Waals surface area contributed by atoms with Crippen molar-refractivity contribution in [2.45, 2.75) is 0 Å². The molecule has 1 atom stereocenters. The topological polar surface area (TPSA) is 115 Å². The maximum absolute atomic E-state index is 13.9. The Labute approximate surface area is 186 Å². The third-order valence-electron chi connectivity index (χ3n) is 4.62. The van der Waals surface area contributed by atoms with Gasteiger partial charge in [0.15, 0.2) is 7.14 Å². The quantitative estimate of drug-likeness (QED) is 0.342. The van der Waals surface area contributed by atoms with Crippen LogP contribution in [0.5, 0.6) is 17.2 Å². The van der Waals surface area contributed by atoms with E-state index in [1.165, 1.54) is 48.5 Å². The zero-order chi connectivity index (χ0) is 23.1. The number of rotatable bonds is 4. The Morgan fingerprint density at radius 3 is 1.25 bits per heavy atom. The summed E-state index contributed by atoms with van der Waals surface area (Å²) in [5, 5.41) is 30.0. The van der Waals surface area contributed by atoms with Crippen molar-refractivity contribution < 1.29 is 29.3 Å². The molecule has 0 amide bonds. The zero-order valence-corrected chi connectivity index (χ0v) is 18.6. The van der Waals surface area contributed by atoms with Crippen LogP contribution in [0.2, 0.25) is 0 Å². The SMILES string of the molecule is O=P(c1ccccc1)(c1ccc(O)cc1)c1ccc(O)cc1.O=[P+](O)c1ccc(O)cc1. The van der Waals surface area contributed by atoms with Crippen LogP contribution in [-0.4, -0.2) is 20.2 Å². The van der Waals surface area contributed by atoms with Crippen LogP contribution in [0.4, 0.5) is 0 Å². The lowest BCUT2D eigenvalue weighted by molar-refractivity contribution is 0.475. The molecule has 1 unspecified atom stereocenters. The molecule has 4 aromatic carbocycles. The van der Waals surface area contributed by atoms with Crippen molar-refractivity contribution in [2.24, 2.45) is 0 Å². The molecule has 0 bridgehead atoms. The number of aromatic hydroxyl groups is 3. The van der Waals surface area contributed by atoms with Gasteiger partial charge >= 0.3 is 8.03 Å². The Bertz CT molecular complexity index is 1170. The summed E-state index contributed by atoms with van der Waals surface area (Å²) >= 11 is 0. The highest BCUT2D eigenvalue weighted by Gasteiger charge is 2.29. The molecular formula is C24H21O6P2+. The van der Waals surface area contributed by atoms with Crippen molar-refractivity contribution in [3.63, 3.8) is 0 Å². The smallest absolute Gasteiger partial charge is 0.508 e. The molecule has 0 aliphatic carbocycles. The lowest BCUT2D eigenvalue weighted by atomic mass is 10.3. The molecule has 0 aliphatic rings. The van der Waals surface area contributed by atoms with E-state index in [-0.39, 0.29) is 17.2 Å². The highest BCUT2D eigenvalue weighted by molar-refractivity contribution is 7.85. The largest absolute Gasteiger partial charge is 0.546 e. The van der Waals surface area contributed by atoms with Gasteiger partial charge in [-0.25, -0.2) is 0 Å². The Morgan fingerprint density at radius 1 is 0.531 bits per heavy atom. The molecule has 32 heavy (non-hydrogen) atoms. The molecule has 4 N–H and O–H groups in total. The Balaban J connectivity index is 0.000000243. The summed E-state index contributed by atoms with van der Waals surface area (Å²) in [6.07, 6.45) is 0. The third kappa shape index (κ3) is 5.43. The second-order valence-electron chi connectivity index (χ2n) is 6.77. The zero-order valence-electron chi connectivity index (χ0n) is 16.8. The van der Waals surface area contributed by atoms with Gasteiger partial charge in [0.05, 0.1) is 0 Å². The molecule has 6 nitrogen and oxygen atoms in total. The maximum Gasteiger partial charge on any atom is 0.546 e. The predicted molar refractivity (Wildman–Crippen MR) is 127 cm³/mol. The van der Waals surface area contributed by atoms with Crippen molar-refractivity contribution in [1.82, 2.24) is 0 Å². The van der Waals surface area contributed by atoms with Crippen molar-refractivity contribution in [3.05, 3.63) is 103 Å². The van der Waals surface area contributed by atoms with Crippen LogP contribution < -0.4 is 21.2 Å². The van der Waals surface area contributed by atoms with E-state index in [4.69, 9.17) is 10.00 Å². The predicted octanol–water partition coefficient (Wildman–Crippen LogP) is 3.49. The van der Waals surface area contributed by atoms with E-state index in [1.807, 2.05) is 30.3 Å². The Morgan fingerprint density at radius 2 is 0.875 bits per heavy atom. The molecule has 0 fully saturated rings. The van der Waals surface area contributed by atoms with E-state index >= 15 is 0 Å². The molecule has 4 aromatic rings. The molecule has 162 valence electrons. The number of hydrogen-bond donors (Lipinski definition) is 4. The minimum absolute atomic E-state index is 0.0978. The monoisotopic (exact) mass is 467 g/mol. The standard InChI is InChI=1S/C18H15O3P.C6H5O3P/c19-14-6-10-17(11-7-14)22(21,16-4-2-1-3-5-16)18-12-8-15(20)9-13-18;7-5-1-3-6(4-2-5)10(8)9/h1-13,19-20H;1-4H,(H-,7,8,9)/p+1. The van der Waals surface area contributed by atoms with Gasteiger partial charge in [0.2, 0.25) is 5.30 Å². The average Bonchev–Trinajstić information content (AvgIpc) is 2.81. The number of phenols is 3. The fourth-order valence-electron chi connectivity index (χ4n) is 2.99. The molecular weight excluding hydrogens is 446 g/mol. The van der Waals surface area contributed by atoms with Crippen LogP contribution in [0.15, 0.2) is 103 Å². The van der Waals surface area contributed by atoms with Crippen LogP contribution in [0.1, 0.15) is 0 Å². The van der Waals surface area contributed by atoms with Crippen molar-refractivity contribution in [1.29, 1.82) is 0 Å². The highest BCUT2D eigenvalue weighted by Crippen LogP contribution is 2.42. The Hall–Kier alpha value is -3.43. The molecule has 0 aromatic heterocycles. The maximum atomic E-state index is 13.9. The van der Waals surface area contributed by atoms with Crippen LogP contribution in [0.25, 0.3) is 0 Å². The van der Waals surface area contributed by atoms with Crippen LogP contribution in [-0.2, 0) is 9.13 Å². The van der Waals surface area contributed by atoms with Crippen LogP contribution >= 0.6 is 15.2 Å². The van der Waals surface area contributed by atoms with Crippen LogP contribution in [0, 0.1) is 0 Å². The summed E-state index contributed by atoms with van der Waals surface area (Å²) in [4.78, 5) is 8.54. The van der Waals surface area contributed by atoms with Crippen molar-refractivity contribution in [3.8, 4) is 17.2 Å². The first-order chi connectivity index (χ1) is 15.3. The normalized spacial score (nSPS) is 11.2. The number of hydrogen-bond acceptors (Lipinski definition) is 5. The number of phenolic OH excluding ortho intramolecular Hbond substituents is 3. The fraction of sp³-hybridized carbons (Fsp3) is 0. The van der Waals surface area contributed by atoms with Crippen molar-refractivity contribution in [2.75, 3.05) is 0 Å². The molecule has 0 radical (unpaired) electrons. The summed E-state index contributed by atoms with van der Waals surface area (Å²) in [5.74, 6) is 0.365. The van der Waals surface area contributed by atoms with E-state index in [0.29, 0.717) is 21.2 Å². The van der Waals surface area contributed by atoms with E-state index in [9.17, 15) is 19.3 Å². The summed E-state index contributed by atoms with van der Waals surface area (Å²) in [6, 6.07) is 27.7.